The zero-order chi connectivity index (χ0) is 11.7. The van der Waals surface area contributed by atoms with Gasteiger partial charge in [0.1, 0.15) is 6.10 Å². The van der Waals surface area contributed by atoms with Crippen molar-refractivity contribution in [1.82, 2.24) is 0 Å². The molecule has 0 saturated carbocycles. The summed E-state index contributed by atoms with van der Waals surface area (Å²) in [6, 6.07) is 8.68. The van der Waals surface area contributed by atoms with E-state index in [1.807, 2.05) is 0 Å². The van der Waals surface area contributed by atoms with Gasteiger partial charge in [-0.15, -0.1) is 0 Å². The molecule has 0 aliphatic carbocycles. The van der Waals surface area contributed by atoms with E-state index in [4.69, 9.17) is 0 Å². The first-order chi connectivity index (χ1) is 6.77. The topological polar surface area (TPSA) is 54.4 Å². The minimum atomic E-state index is -3.40. The third kappa shape index (κ3) is 2.92. The van der Waals surface area contributed by atoms with Crippen molar-refractivity contribution in [2.24, 2.45) is 0 Å². The van der Waals surface area contributed by atoms with Crippen molar-refractivity contribution in [1.29, 1.82) is 0 Å². The van der Waals surface area contributed by atoms with Gasteiger partial charge in [-0.25, -0.2) is 8.42 Å². The van der Waals surface area contributed by atoms with Crippen molar-refractivity contribution in [3.8, 4) is 0 Å². The third-order valence-corrected chi connectivity index (χ3v) is 8.33. The first-order valence-corrected chi connectivity index (χ1v) is 7.83. The summed E-state index contributed by atoms with van der Waals surface area (Å²) in [5.74, 6) is 0. The minimum Gasteiger partial charge on any atom is -0.385 e. The zero-order valence-corrected chi connectivity index (χ0v) is 12.5. The van der Waals surface area contributed by atoms with Gasteiger partial charge >= 0.3 is 0 Å². The maximum absolute atomic E-state index is 11.5. The van der Waals surface area contributed by atoms with Gasteiger partial charge in [0, 0.05) is 6.26 Å². The molecule has 2 unspecified atom stereocenters. The van der Waals surface area contributed by atoms with E-state index >= 15 is 0 Å². The molecule has 1 N–H and O–H groups in total. The van der Waals surface area contributed by atoms with Gasteiger partial charge in [-0.3, -0.25) is 0 Å². The molecule has 0 aliphatic heterocycles. The molecule has 0 spiro atoms. The van der Waals surface area contributed by atoms with Crippen LogP contribution in [0.4, 0.5) is 0 Å². The molecule has 0 fully saturated rings. The zero-order valence-electron chi connectivity index (χ0n) is 7.89. The lowest BCUT2D eigenvalue weighted by Crippen LogP contribution is -2.31. The molecule has 0 radical (unpaired) electrons. The van der Waals surface area contributed by atoms with Crippen molar-refractivity contribution >= 4 is 48.4 Å². The van der Waals surface area contributed by atoms with Gasteiger partial charge in [0.15, 0.2) is 9.84 Å². The van der Waals surface area contributed by atoms with Crippen LogP contribution in [0.5, 0.6) is 0 Å². The molecule has 0 aromatic heterocycles. The summed E-state index contributed by atoms with van der Waals surface area (Å²) in [6.45, 7) is 0. The normalized spacial score (nSPS) is 18.1. The highest BCUT2D eigenvalue weighted by molar-refractivity contribution is 14.1. The molecule has 0 bridgehead atoms. The van der Waals surface area contributed by atoms with E-state index in [0.29, 0.717) is 5.56 Å². The number of sulfone groups is 1. The van der Waals surface area contributed by atoms with Crippen LogP contribution in [0, 0.1) is 0 Å². The summed E-state index contributed by atoms with van der Waals surface area (Å²) in [5.41, 5.74) is 0.564. The van der Waals surface area contributed by atoms with Gasteiger partial charge in [0.05, 0.1) is 0 Å². The Kier molecular flexibility index (Phi) is 4.19. The number of rotatable bonds is 3. The number of hydrogen-bond donors (Lipinski definition) is 1. The molecule has 15 heavy (non-hydrogen) atoms. The Labute approximate surface area is 111 Å². The van der Waals surface area contributed by atoms with Crippen LogP contribution in [-0.2, 0) is 9.84 Å². The summed E-state index contributed by atoms with van der Waals surface area (Å²) in [6.07, 6.45) is -0.0188. The van der Waals surface area contributed by atoms with Crippen LogP contribution in [-0.4, -0.2) is 21.4 Å². The van der Waals surface area contributed by atoms with Gasteiger partial charge in [-0.2, -0.15) is 0 Å². The van der Waals surface area contributed by atoms with Crippen LogP contribution in [0.15, 0.2) is 30.3 Å². The predicted octanol–water partition coefficient (Wildman–Crippen LogP) is 2.25. The second-order valence-corrected chi connectivity index (χ2v) is 11.0. The van der Waals surface area contributed by atoms with E-state index in [-0.39, 0.29) is 0 Å². The van der Waals surface area contributed by atoms with Gasteiger partial charge < -0.3 is 5.11 Å². The highest BCUT2D eigenvalue weighted by Gasteiger charge is 2.43. The molecular weight excluding hydrogens is 395 g/mol. The average Bonchev–Trinajstić information content (AvgIpc) is 2.16. The summed E-state index contributed by atoms with van der Waals surface area (Å²) in [4.78, 5) is 0. The first-order valence-electron chi connectivity index (χ1n) is 4.07. The fourth-order valence-electron chi connectivity index (χ4n) is 1.03. The molecule has 0 amide bonds. The standard InChI is InChI=1S/C9H10BrIO3S/c1-15(13,14)9(10,11)8(12)7-5-3-2-4-6-7/h2-6,8,12H,1H3. The Balaban J connectivity index is 3.11. The summed E-state index contributed by atoms with van der Waals surface area (Å²) < 4.78 is 21.5. The van der Waals surface area contributed by atoms with Crippen LogP contribution in [0.3, 0.4) is 0 Å². The van der Waals surface area contributed by atoms with Crippen LogP contribution in [0.1, 0.15) is 11.7 Å². The van der Waals surface area contributed by atoms with Crippen LogP contribution >= 0.6 is 38.5 Å². The first kappa shape index (κ1) is 13.4. The van der Waals surface area contributed by atoms with Crippen LogP contribution in [0.25, 0.3) is 0 Å². The van der Waals surface area contributed by atoms with Crippen molar-refractivity contribution < 1.29 is 13.5 Å². The number of aliphatic hydroxyl groups excluding tert-OH is 1. The highest BCUT2D eigenvalue weighted by Crippen LogP contribution is 2.44. The van der Waals surface area contributed by atoms with Gasteiger partial charge in [-0.1, -0.05) is 46.3 Å². The molecule has 3 nitrogen and oxygen atoms in total. The van der Waals surface area contributed by atoms with E-state index in [1.165, 1.54) is 0 Å². The summed E-state index contributed by atoms with van der Waals surface area (Å²) in [5, 5.41) is 9.95. The largest absolute Gasteiger partial charge is 0.385 e. The average molecular weight is 405 g/mol. The number of hydrogen-bond acceptors (Lipinski definition) is 3. The Morgan fingerprint density at radius 1 is 1.40 bits per heavy atom. The highest BCUT2D eigenvalue weighted by atomic mass is 127. The number of benzene rings is 1. The maximum atomic E-state index is 11.5. The van der Waals surface area contributed by atoms with Crippen LogP contribution < -0.4 is 0 Å². The Morgan fingerprint density at radius 3 is 2.27 bits per heavy atom. The smallest absolute Gasteiger partial charge is 0.206 e. The molecule has 0 aliphatic rings. The minimum absolute atomic E-state index is 0.564. The third-order valence-electron chi connectivity index (χ3n) is 1.93. The molecule has 6 heteroatoms. The molecule has 1 rings (SSSR count). The van der Waals surface area contributed by atoms with E-state index in [9.17, 15) is 13.5 Å². The van der Waals surface area contributed by atoms with Crippen molar-refractivity contribution in [2.45, 2.75) is 7.77 Å². The lowest BCUT2D eigenvalue weighted by atomic mass is 10.1. The molecular formula is C9H10BrIO3S. The Bertz CT molecular complexity index is 430. The van der Waals surface area contributed by atoms with E-state index < -0.39 is 17.6 Å². The van der Waals surface area contributed by atoms with Crippen LogP contribution in [0.2, 0.25) is 0 Å². The number of alkyl halides is 2. The van der Waals surface area contributed by atoms with Gasteiger partial charge in [-0.05, 0) is 28.2 Å². The SMILES string of the molecule is CS(=O)(=O)C(Br)(I)C(O)c1ccccc1. The summed E-state index contributed by atoms with van der Waals surface area (Å²) in [7, 11) is -3.40. The summed E-state index contributed by atoms with van der Waals surface area (Å²) >= 11 is 4.74. The molecule has 2 atom stereocenters. The predicted molar refractivity (Wildman–Crippen MR) is 71.9 cm³/mol. The number of halogens is 2. The van der Waals surface area contributed by atoms with Crippen molar-refractivity contribution in [2.75, 3.05) is 6.26 Å². The lowest BCUT2D eigenvalue weighted by molar-refractivity contribution is 0.191. The molecule has 0 saturated heterocycles. The molecule has 1 aromatic rings. The second kappa shape index (κ2) is 4.68. The van der Waals surface area contributed by atoms with E-state index in [0.717, 1.165) is 6.26 Å². The quantitative estimate of drug-likeness (QED) is 0.621. The molecule has 0 heterocycles. The monoisotopic (exact) mass is 404 g/mol. The Hall–Kier alpha value is 0.340. The van der Waals surface area contributed by atoms with Gasteiger partial charge in [0.2, 0.25) is 1.66 Å². The number of aliphatic hydroxyl groups is 1. The molecule has 1 aromatic carbocycles. The fourth-order valence-corrected chi connectivity index (χ4v) is 2.20. The second-order valence-electron chi connectivity index (χ2n) is 3.15. The maximum Gasteiger partial charge on any atom is 0.206 e. The lowest BCUT2D eigenvalue weighted by Gasteiger charge is -2.24. The van der Waals surface area contributed by atoms with Gasteiger partial charge in [0.25, 0.3) is 0 Å². The van der Waals surface area contributed by atoms with Crippen molar-refractivity contribution in [3.63, 3.8) is 0 Å². The molecule has 84 valence electrons. The van der Waals surface area contributed by atoms with Crippen molar-refractivity contribution in [3.05, 3.63) is 35.9 Å². The Morgan fingerprint density at radius 2 is 1.87 bits per heavy atom. The van der Waals surface area contributed by atoms with E-state index in [1.54, 1.807) is 52.9 Å². The van der Waals surface area contributed by atoms with E-state index in [2.05, 4.69) is 15.9 Å². The fraction of sp³-hybridized carbons (Fsp3) is 0.333.